The highest BCUT2D eigenvalue weighted by molar-refractivity contribution is 7.54. The second-order valence-corrected chi connectivity index (χ2v) is 6.70. The van der Waals surface area contributed by atoms with Crippen LogP contribution >= 0.6 is 7.60 Å². The summed E-state index contributed by atoms with van der Waals surface area (Å²) in [4.78, 5) is 0. The van der Waals surface area contributed by atoms with Crippen molar-refractivity contribution >= 4 is 7.60 Å². The molecule has 0 saturated heterocycles. The summed E-state index contributed by atoms with van der Waals surface area (Å²) >= 11 is 0. The number of benzene rings is 2. The first-order valence-corrected chi connectivity index (χ1v) is 8.51. The molecule has 0 saturated carbocycles. The van der Waals surface area contributed by atoms with Crippen LogP contribution in [0, 0.1) is 0 Å². The second-order valence-electron chi connectivity index (χ2n) is 4.60. The summed E-state index contributed by atoms with van der Waals surface area (Å²) in [7, 11) is -3.17. The average Bonchev–Trinajstić information content (AvgIpc) is 2.54. The molecule has 0 aliphatic rings. The fraction of sp³-hybridized carbons (Fsp3) is 0.176. The van der Waals surface area contributed by atoms with Crippen LogP contribution in [0.5, 0.6) is 0 Å². The lowest BCUT2D eigenvalue weighted by atomic mass is 10.2. The van der Waals surface area contributed by atoms with Crippen LogP contribution in [0.2, 0.25) is 0 Å². The van der Waals surface area contributed by atoms with Crippen molar-refractivity contribution < 1.29 is 13.6 Å². The summed E-state index contributed by atoms with van der Waals surface area (Å²) < 4.78 is 23.7. The molecule has 0 atom stereocenters. The Morgan fingerprint density at radius 3 is 1.67 bits per heavy atom. The lowest BCUT2D eigenvalue weighted by molar-refractivity contribution is 0.193. The molecule has 110 valence electrons. The third-order valence-corrected chi connectivity index (χ3v) is 4.64. The molecule has 0 aromatic heterocycles. The van der Waals surface area contributed by atoms with Crippen molar-refractivity contribution in [2.45, 2.75) is 13.2 Å². The molecule has 0 heterocycles. The van der Waals surface area contributed by atoms with Crippen LogP contribution in [-0.4, -0.2) is 6.16 Å². The van der Waals surface area contributed by atoms with Gasteiger partial charge in [-0.25, -0.2) is 0 Å². The van der Waals surface area contributed by atoms with Gasteiger partial charge in [-0.05, 0) is 11.1 Å². The van der Waals surface area contributed by atoms with Gasteiger partial charge in [-0.15, -0.1) is 6.58 Å². The van der Waals surface area contributed by atoms with Crippen molar-refractivity contribution in [3.63, 3.8) is 0 Å². The molecule has 3 nitrogen and oxygen atoms in total. The van der Waals surface area contributed by atoms with Gasteiger partial charge in [-0.3, -0.25) is 4.57 Å². The van der Waals surface area contributed by atoms with E-state index in [-0.39, 0.29) is 19.4 Å². The first-order valence-electron chi connectivity index (χ1n) is 6.79. The van der Waals surface area contributed by atoms with Crippen LogP contribution in [0.15, 0.2) is 73.3 Å². The standard InChI is InChI=1S/C17H19O3P/c1-2-13-21(18,19-14-16-9-5-3-6-10-16)20-15-17-11-7-4-8-12-17/h2-12H,1,13-15H2. The van der Waals surface area contributed by atoms with Crippen molar-refractivity contribution in [2.75, 3.05) is 6.16 Å². The Hall–Kier alpha value is -1.67. The van der Waals surface area contributed by atoms with E-state index in [4.69, 9.17) is 9.05 Å². The Bertz CT molecular complexity index is 548. The first-order chi connectivity index (χ1) is 10.2. The van der Waals surface area contributed by atoms with Gasteiger partial charge in [0.1, 0.15) is 0 Å². The Morgan fingerprint density at radius 2 is 1.29 bits per heavy atom. The van der Waals surface area contributed by atoms with Crippen molar-refractivity contribution in [1.82, 2.24) is 0 Å². The van der Waals surface area contributed by atoms with Gasteiger partial charge in [0.05, 0.1) is 19.4 Å². The van der Waals surface area contributed by atoms with E-state index in [9.17, 15) is 4.57 Å². The molecule has 2 aromatic rings. The quantitative estimate of drug-likeness (QED) is 0.519. The average molecular weight is 302 g/mol. The van der Waals surface area contributed by atoms with E-state index in [1.54, 1.807) is 6.08 Å². The molecule has 0 radical (unpaired) electrons. The zero-order chi connectivity index (χ0) is 15.0. The van der Waals surface area contributed by atoms with E-state index < -0.39 is 7.60 Å². The van der Waals surface area contributed by atoms with E-state index in [1.165, 1.54) is 0 Å². The van der Waals surface area contributed by atoms with Crippen molar-refractivity contribution in [1.29, 1.82) is 0 Å². The fourth-order valence-electron chi connectivity index (χ4n) is 1.80. The van der Waals surface area contributed by atoms with Gasteiger partial charge in [0.2, 0.25) is 0 Å². The first kappa shape index (κ1) is 15.7. The van der Waals surface area contributed by atoms with Crippen LogP contribution in [0.1, 0.15) is 11.1 Å². The Balaban J connectivity index is 1.95. The zero-order valence-electron chi connectivity index (χ0n) is 11.9. The minimum Gasteiger partial charge on any atom is -0.304 e. The molecule has 0 bridgehead atoms. The Kier molecular flexibility index (Phi) is 5.94. The number of hydrogen-bond donors (Lipinski definition) is 0. The van der Waals surface area contributed by atoms with Gasteiger partial charge in [-0.1, -0.05) is 66.7 Å². The third-order valence-electron chi connectivity index (χ3n) is 2.89. The van der Waals surface area contributed by atoms with Crippen LogP contribution in [0.3, 0.4) is 0 Å². The van der Waals surface area contributed by atoms with Crippen molar-refractivity contribution in [3.05, 3.63) is 84.4 Å². The molecular weight excluding hydrogens is 283 g/mol. The van der Waals surface area contributed by atoms with Gasteiger partial charge >= 0.3 is 7.60 Å². The molecule has 2 rings (SSSR count). The van der Waals surface area contributed by atoms with E-state index in [0.29, 0.717) is 0 Å². The highest BCUT2D eigenvalue weighted by Gasteiger charge is 2.23. The van der Waals surface area contributed by atoms with E-state index >= 15 is 0 Å². The summed E-state index contributed by atoms with van der Waals surface area (Å²) in [6, 6.07) is 19.2. The zero-order valence-corrected chi connectivity index (χ0v) is 12.7. The normalized spacial score (nSPS) is 11.2. The third kappa shape index (κ3) is 5.31. The Morgan fingerprint density at radius 1 is 0.857 bits per heavy atom. The van der Waals surface area contributed by atoms with Crippen molar-refractivity contribution in [3.8, 4) is 0 Å². The van der Waals surface area contributed by atoms with Crippen LogP contribution in [0.4, 0.5) is 0 Å². The monoisotopic (exact) mass is 302 g/mol. The summed E-state index contributed by atoms with van der Waals surface area (Å²) in [5.74, 6) is 0. The highest BCUT2D eigenvalue weighted by atomic mass is 31.2. The summed E-state index contributed by atoms with van der Waals surface area (Å²) in [6.45, 7) is 4.15. The van der Waals surface area contributed by atoms with E-state index in [0.717, 1.165) is 11.1 Å². The van der Waals surface area contributed by atoms with Gasteiger partial charge in [0.25, 0.3) is 0 Å². The predicted octanol–water partition coefficient (Wildman–Crippen LogP) is 4.80. The molecule has 0 fully saturated rings. The SMILES string of the molecule is C=CCP(=O)(OCc1ccccc1)OCc1ccccc1. The summed E-state index contributed by atoms with van der Waals surface area (Å²) in [5, 5.41) is 0. The van der Waals surface area contributed by atoms with E-state index in [1.807, 2.05) is 60.7 Å². The Labute approximate surface area is 125 Å². The molecular formula is C17H19O3P. The predicted molar refractivity (Wildman–Crippen MR) is 85.1 cm³/mol. The topological polar surface area (TPSA) is 35.5 Å². The molecule has 0 amide bonds. The maximum atomic E-state index is 12.6. The maximum absolute atomic E-state index is 12.6. The highest BCUT2D eigenvalue weighted by Crippen LogP contribution is 2.49. The van der Waals surface area contributed by atoms with E-state index in [2.05, 4.69) is 6.58 Å². The van der Waals surface area contributed by atoms with Crippen LogP contribution in [0.25, 0.3) is 0 Å². The van der Waals surface area contributed by atoms with Crippen molar-refractivity contribution in [2.24, 2.45) is 0 Å². The number of allylic oxidation sites excluding steroid dienone is 1. The lowest BCUT2D eigenvalue weighted by Crippen LogP contribution is -2.00. The maximum Gasteiger partial charge on any atom is 0.335 e. The molecule has 21 heavy (non-hydrogen) atoms. The second kappa shape index (κ2) is 7.94. The largest absolute Gasteiger partial charge is 0.335 e. The van der Waals surface area contributed by atoms with Gasteiger partial charge in [0, 0.05) is 0 Å². The fourth-order valence-corrected chi connectivity index (χ4v) is 3.09. The van der Waals surface area contributed by atoms with Gasteiger partial charge in [-0.2, -0.15) is 0 Å². The molecule has 0 aliphatic heterocycles. The molecule has 0 N–H and O–H groups in total. The minimum absolute atomic E-state index is 0.201. The van der Waals surface area contributed by atoms with Gasteiger partial charge in [0.15, 0.2) is 0 Å². The molecule has 2 aromatic carbocycles. The summed E-state index contributed by atoms with van der Waals surface area (Å²) in [6.07, 6.45) is 1.77. The minimum atomic E-state index is -3.17. The molecule has 0 unspecified atom stereocenters. The molecule has 4 heteroatoms. The number of rotatable bonds is 8. The molecule has 0 aliphatic carbocycles. The molecule has 0 spiro atoms. The number of hydrogen-bond acceptors (Lipinski definition) is 3. The summed E-state index contributed by atoms with van der Waals surface area (Å²) in [5.41, 5.74) is 1.93. The van der Waals surface area contributed by atoms with Gasteiger partial charge < -0.3 is 9.05 Å². The smallest absolute Gasteiger partial charge is 0.304 e. The lowest BCUT2D eigenvalue weighted by Gasteiger charge is -2.17. The van der Waals surface area contributed by atoms with Crippen LogP contribution in [-0.2, 0) is 26.8 Å². The van der Waals surface area contributed by atoms with Crippen LogP contribution < -0.4 is 0 Å².